The Labute approximate surface area is 191 Å². The predicted molar refractivity (Wildman–Crippen MR) is 127 cm³/mol. The zero-order valence-electron chi connectivity index (χ0n) is 19.7. The Balaban J connectivity index is 1.74. The van der Waals surface area contributed by atoms with Crippen LogP contribution in [0.4, 0.5) is 4.79 Å². The van der Waals surface area contributed by atoms with Crippen LogP contribution in [0.5, 0.6) is 0 Å². The first-order chi connectivity index (χ1) is 14.9. The highest BCUT2D eigenvalue weighted by Crippen LogP contribution is 2.40. The molecule has 0 saturated carbocycles. The van der Waals surface area contributed by atoms with Crippen LogP contribution in [-0.2, 0) is 27.0 Å². The molecule has 0 aliphatic heterocycles. The van der Waals surface area contributed by atoms with Crippen molar-refractivity contribution >= 4 is 20.4 Å². The summed E-state index contributed by atoms with van der Waals surface area (Å²) >= 11 is 0. The van der Waals surface area contributed by atoms with Gasteiger partial charge in [0.25, 0.3) is 0 Å². The molecule has 0 heterocycles. The summed E-state index contributed by atoms with van der Waals surface area (Å²) in [5.41, 5.74) is 3.83. The number of hydrogen-bond acceptors (Lipinski definition) is 4. The van der Waals surface area contributed by atoms with Crippen LogP contribution in [0.3, 0.4) is 0 Å². The third kappa shape index (κ3) is 4.59. The van der Waals surface area contributed by atoms with E-state index in [-0.39, 0.29) is 18.1 Å². The number of carboxylic acids is 1. The fraction of sp³-hybridized carbons (Fsp3) is 0.440. The number of benzene rings is 2. The lowest BCUT2D eigenvalue weighted by Gasteiger charge is -2.43. The predicted octanol–water partition coefficient (Wildman–Crippen LogP) is 5.70. The topological polar surface area (TPSA) is 84.9 Å². The molecule has 2 N–H and O–H groups in total. The molecule has 6 nitrogen and oxygen atoms in total. The molecule has 2 aromatic carbocycles. The smallest absolute Gasteiger partial charge is 0.410 e. The Morgan fingerprint density at radius 1 is 1.06 bits per heavy atom. The summed E-state index contributed by atoms with van der Waals surface area (Å²) in [6.07, 6.45) is 0.0656. The molecule has 172 valence electrons. The van der Waals surface area contributed by atoms with Crippen LogP contribution in [-0.4, -0.2) is 31.2 Å². The van der Waals surface area contributed by atoms with Crippen molar-refractivity contribution < 1.29 is 23.9 Å². The molecule has 0 saturated heterocycles. The van der Waals surface area contributed by atoms with E-state index in [1.165, 1.54) is 11.1 Å². The minimum atomic E-state index is -2.48. The first-order valence-electron chi connectivity index (χ1n) is 11.0. The van der Waals surface area contributed by atoms with E-state index in [1.807, 2.05) is 58.1 Å². The molecule has 1 atom stereocenters. The molecule has 7 heteroatoms. The average Bonchev–Trinajstić information content (AvgIpc) is 3.10. The first kappa shape index (κ1) is 24.0. The van der Waals surface area contributed by atoms with E-state index in [1.54, 1.807) is 6.92 Å². The summed E-state index contributed by atoms with van der Waals surface area (Å²) in [4.78, 5) is 24.9. The number of carbonyl (C=O) groups is 2. The molecule has 3 rings (SSSR count). The van der Waals surface area contributed by atoms with Gasteiger partial charge in [-0.15, -0.1) is 0 Å². The van der Waals surface area contributed by atoms with Gasteiger partial charge in [-0.25, -0.2) is 9.59 Å². The van der Waals surface area contributed by atoms with Gasteiger partial charge < -0.3 is 14.3 Å². The van der Waals surface area contributed by atoms with Crippen LogP contribution in [0.2, 0.25) is 18.1 Å². The highest BCUT2D eigenvalue weighted by atomic mass is 28.4. The molecule has 0 spiro atoms. The zero-order chi connectivity index (χ0) is 23.7. The molecule has 1 unspecified atom stereocenters. The maximum absolute atomic E-state index is 12.7. The summed E-state index contributed by atoms with van der Waals surface area (Å²) in [5.74, 6) is -1.22. The second-order valence-electron chi connectivity index (χ2n) is 9.83. The Morgan fingerprint density at radius 2 is 1.72 bits per heavy atom. The van der Waals surface area contributed by atoms with Gasteiger partial charge >= 0.3 is 12.1 Å². The number of amides is 1. The Hall–Kier alpha value is -2.64. The van der Waals surface area contributed by atoms with E-state index in [4.69, 9.17) is 9.16 Å². The summed E-state index contributed by atoms with van der Waals surface area (Å²) in [5, 5.41) is 12.2. The van der Waals surface area contributed by atoms with Crippen molar-refractivity contribution in [3.05, 3.63) is 59.2 Å². The molecular formula is C25H33NO5Si. The van der Waals surface area contributed by atoms with Crippen LogP contribution in [0.25, 0.3) is 11.1 Å². The van der Waals surface area contributed by atoms with Crippen molar-refractivity contribution in [3.63, 3.8) is 0 Å². The second-order valence-corrected chi connectivity index (χ2v) is 14.6. The monoisotopic (exact) mass is 455 g/mol. The summed E-state index contributed by atoms with van der Waals surface area (Å²) < 4.78 is 11.6. The lowest BCUT2D eigenvalue weighted by atomic mass is 10.0. The minimum Gasteiger partial charge on any atom is -0.478 e. The molecule has 1 aliphatic carbocycles. The molecule has 1 aliphatic rings. The minimum absolute atomic E-state index is 0.0580. The molecule has 1 amide bonds. The lowest BCUT2D eigenvalue weighted by molar-refractivity contribution is -0.159. The highest BCUT2D eigenvalue weighted by molar-refractivity contribution is 6.74. The van der Waals surface area contributed by atoms with E-state index >= 15 is 0 Å². The standard InChI is InChI=1S/C25H33NO5Si/c1-7-25(22(27)28,31-32(5,6)24(2,3)4)26-23(29)30-16-18-12-10-14-20-19-13-9-8-11-17(19)15-21(18)20/h8-14H,7,15-16H2,1-6H3,(H,26,29)(H,27,28). The normalized spacial score (nSPS) is 14.8. The van der Waals surface area contributed by atoms with Crippen LogP contribution >= 0.6 is 0 Å². The van der Waals surface area contributed by atoms with Gasteiger partial charge in [0.15, 0.2) is 8.32 Å². The largest absolute Gasteiger partial charge is 0.478 e. The van der Waals surface area contributed by atoms with Crippen LogP contribution < -0.4 is 5.32 Å². The third-order valence-electron chi connectivity index (χ3n) is 6.69. The maximum atomic E-state index is 12.7. The fourth-order valence-corrected chi connectivity index (χ4v) is 5.19. The zero-order valence-corrected chi connectivity index (χ0v) is 20.7. The van der Waals surface area contributed by atoms with Crippen molar-refractivity contribution in [2.75, 3.05) is 0 Å². The summed E-state index contributed by atoms with van der Waals surface area (Å²) in [6.45, 7) is 11.7. The second kappa shape index (κ2) is 8.71. The lowest BCUT2D eigenvalue weighted by Crippen LogP contribution is -2.62. The Kier molecular flexibility index (Phi) is 6.54. The summed E-state index contributed by atoms with van der Waals surface area (Å²) in [7, 11) is -2.48. The van der Waals surface area contributed by atoms with Gasteiger partial charge in [0, 0.05) is 6.42 Å². The van der Waals surface area contributed by atoms with Crippen molar-refractivity contribution in [2.45, 2.75) is 71.0 Å². The number of alkyl carbamates (subject to hydrolysis) is 1. The average molecular weight is 456 g/mol. The molecule has 0 radical (unpaired) electrons. The van der Waals surface area contributed by atoms with E-state index < -0.39 is 26.1 Å². The van der Waals surface area contributed by atoms with Gasteiger partial charge in [-0.05, 0) is 52.4 Å². The van der Waals surface area contributed by atoms with Gasteiger partial charge in [0.1, 0.15) is 6.61 Å². The number of carboxylic acid groups (broad SMARTS) is 1. The van der Waals surface area contributed by atoms with Crippen molar-refractivity contribution in [2.24, 2.45) is 0 Å². The molecule has 0 bridgehead atoms. The maximum Gasteiger partial charge on any atom is 0.410 e. The van der Waals surface area contributed by atoms with Crippen LogP contribution in [0, 0.1) is 0 Å². The molecule has 2 aromatic rings. The highest BCUT2D eigenvalue weighted by Gasteiger charge is 2.49. The quantitative estimate of drug-likeness (QED) is 0.353. The third-order valence-corrected chi connectivity index (χ3v) is 11.2. The van der Waals surface area contributed by atoms with E-state index in [9.17, 15) is 14.7 Å². The number of hydrogen-bond donors (Lipinski definition) is 2. The molecule has 32 heavy (non-hydrogen) atoms. The number of aliphatic carboxylic acids is 1. The fourth-order valence-electron chi connectivity index (χ4n) is 3.73. The Bertz CT molecular complexity index is 1030. The number of carbonyl (C=O) groups excluding carboxylic acids is 1. The van der Waals surface area contributed by atoms with Gasteiger partial charge in [-0.2, -0.15) is 0 Å². The summed E-state index contributed by atoms with van der Waals surface area (Å²) in [6, 6.07) is 14.2. The number of fused-ring (bicyclic) bond motifs is 3. The van der Waals surface area contributed by atoms with E-state index in [0.717, 1.165) is 23.1 Å². The molecular weight excluding hydrogens is 422 g/mol. The molecule has 0 aromatic heterocycles. The number of rotatable bonds is 7. The van der Waals surface area contributed by atoms with Crippen LogP contribution in [0.1, 0.15) is 50.8 Å². The number of ether oxygens (including phenoxy) is 1. The first-order valence-corrected chi connectivity index (χ1v) is 13.9. The Morgan fingerprint density at radius 3 is 2.34 bits per heavy atom. The van der Waals surface area contributed by atoms with Crippen molar-refractivity contribution in [1.82, 2.24) is 5.32 Å². The van der Waals surface area contributed by atoms with Gasteiger partial charge in [0.2, 0.25) is 5.72 Å². The van der Waals surface area contributed by atoms with Crippen molar-refractivity contribution in [1.29, 1.82) is 0 Å². The van der Waals surface area contributed by atoms with E-state index in [0.29, 0.717) is 0 Å². The van der Waals surface area contributed by atoms with Gasteiger partial charge in [0.05, 0.1) is 0 Å². The van der Waals surface area contributed by atoms with Crippen molar-refractivity contribution in [3.8, 4) is 11.1 Å². The van der Waals surface area contributed by atoms with E-state index in [2.05, 4.69) is 23.5 Å². The van der Waals surface area contributed by atoms with Gasteiger partial charge in [-0.3, -0.25) is 5.32 Å². The van der Waals surface area contributed by atoms with Gasteiger partial charge in [-0.1, -0.05) is 70.2 Å². The molecule has 0 fully saturated rings. The van der Waals surface area contributed by atoms with Crippen LogP contribution in [0.15, 0.2) is 42.5 Å². The number of nitrogens with one attached hydrogen (secondary N) is 1. The SMILES string of the molecule is CCC(NC(=O)OCc1cccc2c1Cc1ccccc1-2)(O[Si](C)(C)C(C)(C)C)C(=O)O.